The van der Waals surface area contributed by atoms with Gasteiger partial charge in [0.15, 0.2) is 6.29 Å². The summed E-state index contributed by atoms with van der Waals surface area (Å²) in [6, 6.07) is 10.6. The van der Waals surface area contributed by atoms with E-state index >= 15 is 0 Å². The first-order valence-electron chi connectivity index (χ1n) is 6.15. The highest BCUT2D eigenvalue weighted by Crippen LogP contribution is 2.50. The van der Waals surface area contributed by atoms with Crippen LogP contribution >= 0.6 is 0 Å². The molecule has 2 rings (SSSR count). The first-order valence-corrected chi connectivity index (χ1v) is 6.15. The molecule has 0 amide bonds. The molecule has 0 aliphatic heterocycles. The Morgan fingerprint density at radius 2 is 1.75 bits per heavy atom. The van der Waals surface area contributed by atoms with Crippen LogP contribution in [0.15, 0.2) is 30.3 Å². The Hall–Kier alpha value is -0.860. The van der Waals surface area contributed by atoms with Crippen LogP contribution in [0.3, 0.4) is 0 Å². The summed E-state index contributed by atoms with van der Waals surface area (Å²) in [5.41, 5.74) is 1.41. The third-order valence-corrected chi connectivity index (χ3v) is 3.08. The van der Waals surface area contributed by atoms with Crippen molar-refractivity contribution in [1.82, 2.24) is 0 Å². The Morgan fingerprint density at radius 3 is 2.31 bits per heavy atom. The summed E-state index contributed by atoms with van der Waals surface area (Å²) in [7, 11) is 0. The molecule has 0 N–H and O–H groups in total. The topological polar surface area (TPSA) is 18.5 Å². The lowest BCUT2D eigenvalue weighted by molar-refractivity contribution is -0.149. The minimum atomic E-state index is -0.0137. The third-order valence-electron chi connectivity index (χ3n) is 3.08. The zero-order valence-corrected chi connectivity index (χ0v) is 10.1. The zero-order valence-electron chi connectivity index (χ0n) is 10.1. The van der Waals surface area contributed by atoms with Crippen molar-refractivity contribution in [3.63, 3.8) is 0 Å². The maximum absolute atomic E-state index is 5.64. The standard InChI is InChI=1S/C14H20O2/c1-3-15-14(16-4-2)13-10-12(13)11-8-6-5-7-9-11/h5-9,12-14H,3-4,10H2,1-2H3/t12-,13-/m0/s1. The second-order valence-electron chi connectivity index (χ2n) is 4.20. The molecule has 88 valence electrons. The fourth-order valence-electron chi connectivity index (χ4n) is 2.22. The summed E-state index contributed by atoms with van der Waals surface area (Å²) >= 11 is 0. The zero-order chi connectivity index (χ0) is 11.4. The molecule has 2 atom stereocenters. The van der Waals surface area contributed by atoms with E-state index in [1.807, 2.05) is 13.8 Å². The van der Waals surface area contributed by atoms with Crippen LogP contribution in [0.2, 0.25) is 0 Å². The fraction of sp³-hybridized carbons (Fsp3) is 0.571. The molecule has 16 heavy (non-hydrogen) atoms. The van der Waals surface area contributed by atoms with Crippen molar-refractivity contribution in [3.05, 3.63) is 35.9 Å². The first kappa shape index (κ1) is 11.6. The molecule has 0 radical (unpaired) electrons. The predicted octanol–water partition coefficient (Wildman–Crippen LogP) is 3.19. The van der Waals surface area contributed by atoms with Gasteiger partial charge in [-0.1, -0.05) is 30.3 Å². The van der Waals surface area contributed by atoms with Gasteiger partial charge < -0.3 is 9.47 Å². The Bertz CT molecular complexity index is 304. The van der Waals surface area contributed by atoms with Crippen LogP contribution in [0.5, 0.6) is 0 Å². The summed E-state index contributed by atoms with van der Waals surface area (Å²) in [6.45, 7) is 5.49. The highest BCUT2D eigenvalue weighted by atomic mass is 16.7. The molecule has 0 spiro atoms. The van der Waals surface area contributed by atoms with E-state index in [0.29, 0.717) is 11.8 Å². The van der Waals surface area contributed by atoms with Crippen molar-refractivity contribution in [2.24, 2.45) is 5.92 Å². The van der Waals surface area contributed by atoms with Gasteiger partial charge in [-0.05, 0) is 31.7 Å². The highest BCUT2D eigenvalue weighted by Gasteiger charge is 2.44. The molecule has 0 bridgehead atoms. The Kier molecular flexibility index (Phi) is 3.97. The smallest absolute Gasteiger partial charge is 0.160 e. The second kappa shape index (κ2) is 5.46. The number of hydrogen-bond donors (Lipinski definition) is 0. The molecule has 0 heterocycles. The van der Waals surface area contributed by atoms with Gasteiger partial charge in [0.2, 0.25) is 0 Å². The number of benzene rings is 1. The average Bonchev–Trinajstić information content (AvgIpc) is 3.10. The average molecular weight is 220 g/mol. The van der Waals surface area contributed by atoms with Gasteiger partial charge in [0.1, 0.15) is 0 Å². The minimum Gasteiger partial charge on any atom is -0.353 e. The molecular weight excluding hydrogens is 200 g/mol. The van der Waals surface area contributed by atoms with E-state index in [1.165, 1.54) is 12.0 Å². The fourth-order valence-corrected chi connectivity index (χ4v) is 2.22. The molecule has 2 nitrogen and oxygen atoms in total. The molecule has 1 fully saturated rings. The molecule has 1 aliphatic rings. The van der Waals surface area contributed by atoms with Gasteiger partial charge in [-0.15, -0.1) is 0 Å². The molecule has 0 saturated heterocycles. The summed E-state index contributed by atoms with van der Waals surface area (Å²) < 4.78 is 11.3. The normalized spacial score (nSPS) is 23.7. The van der Waals surface area contributed by atoms with Gasteiger partial charge in [0, 0.05) is 19.1 Å². The summed E-state index contributed by atoms with van der Waals surface area (Å²) in [5.74, 6) is 1.17. The Morgan fingerprint density at radius 1 is 1.12 bits per heavy atom. The van der Waals surface area contributed by atoms with Gasteiger partial charge in [-0.25, -0.2) is 0 Å². The molecule has 1 aromatic rings. The van der Waals surface area contributed by atoms with Crippen LogP contribution in [0.25, 0.3) is 0 Å². The first-order chi connectivity index (χ1) is 7.86. The van der Waals surface area contributed by atoms with Crippen LogP contribution in [0.1, 0.15) is 31.7 Å². The molecule has 1 aliphatic carbocycles. The van der Waals surface area contributed by atoms with Crippen molar-refractivity contribution in [3.8, 4) is 0 Å². The molecule has 1 saturated carbocycles. The van der Waals surface area contributed by atoms with E-state index in [9.17, 15) is 0 Å². The molecular formula is C14H20O2. The maximum Gasteiger partial charge on any atom is 0.160 e. The summed E-state index contributed by atoms with van der Waals surface area (Å²) in [4.78, 5) is 0. The van der Waals surface area contributed by atoms with Crippen molar-refractivity contribution in [2.75, 3.05) is 13.2 Å². The van der Waals surface area contributed by atoms with Crippen molar-refractivity contribution < 1.29 is 9.47 Å². The molecule has 1 aromatic carbocycles. The quantitative estimate of drug-likeness (QED) is 0.685. The highest BCUT2D eigenvalue weighted by molar-refractivity contribution is 5.25. The summed E-state index contributed by atoms with van der Waals surface area (Å²) in [6.07, 6.45) is 1.18. The van der Waals surface area contributed by atoms with E-state index in [4.69, 9.17) is 9.47 Å². The number of ether oxygens (including phenoxy) is 2. The van der Waals surface area contributed by atoms with Gasteiger partial charge in [-0.2, -0.15) is 0 Å². The van der Waals surface area contributed by atoms with Crippen LogP contribution in [0, 0.1) is 5.92 Å². The lowest BCUT2D eigenvalue weighted by atomic mass is 10.1. The number of hydrogen-bond acceptors (Lipinski definition) is 2. The van der Waals surface area contributed by atoms with Gasteiger partial charge in [0.25, 0.3) is 0 Å². The summed E-state index contributed by atoms with van der Waals surface area (Å²) in [5, 5.41) is 0. The third kappa shape index (κ3) is 2.63. The van der Waals surface area contributed by atoms with Crippen LogP contribution in [-0.2, 0) is 9.47 Å². The number of rotatable bonds is 6. The van der Waals surface area contributed by atoms with Gasteiger partial charge in [0.05, 0.1) is 0 Å². The lowest BCUT2D eigenvalue weighted by Gasteiger charge is -2.16. The van der Waals surface area contributed by atoms with E-state index in [-0.39, 0.29) is 6.29 Å². The largest absolute Gasteiger partial charge is 0.353 e. The van der Waals surface area contributed by atoms with E-state index in [1.54, 1.807) is 0 Å². The second-order valence-corrected chi connectivity index (χ2v) is 4.20. The Balaban J connectivity index is 1.93. The lowest BCUT2D eigenvalue weighted by Crippen LogP contribution is -2.20. The van der Waals surface area contributed by atoms with E-state index in [2.05, 4.69) is 30.3 Å². The maximum atomic E-state index is 5.64. The Labute approximate surface area is 97.6 Å². The van der Waals surface area contributed by atoms with E-state index < -0.39 is 0 Å². The van der Waals surface area contributed by atoms with Crippen LogP contribution in [-0.4, -0.2) is 19.5 Å². The monoisotopic (exact) mass is 220 g/mol. The van der Waals surface area contributed by atoms with E-state index in [0.717, 1.165) is 13.2 Å². The molecule has 0 unspecified atom stereocenters. The van der Waals surface area contributed by atoms with Gasteiger partial charge in [-0.3, -0.25) is 0 Å². The van der Waals surface area contributed by atoms with Crippen molar-refractivity contribution >= 4 is 0 Å². The molecule has 2 heteroatoms. The minimum absolute atomic E-state index is 0.0137. The van der Waals surface area contributed by atoms with Crippen LogP contribution < -0.4 is 0 Å². The van der Waals surface area contributed by atoms with Crippen LogP contribution in [0.4, 0.5) is 0 Å². The van der Waals surface area contributed by atoms with Gasteiger partial charge >= 0.3 is 0 Å². The van der Waals surface area contributed by atoms with Crippen molar-refractivity contribution in [1.29, 1.82) is 0 Å². The SMILES string of the molecule is CCOC(OCC)[C@H]1C[C@H]1c1ccccc1. The predicted molar refractivity (Wildman–Crippen MR) is 64.3 cm³/mol. The van der Waals surface area contributed by atoms with Crippen molar-refractivity contribution in [2.45, 2.75) is 32.5 Å². The molecule has 0 aromatic heterocycles.